The zero-order valence-corrected chi connectivity index (χ0v) is 21.0. The Balaban J connectivity index is 1.36. The summed E-state index contributed by atoms with van der Waals surface area (Å²) >= 11 is 0. The summed E-state index contributed by atoms with van der Waals surface area (Å²) < 4.78 is 15.1. The molecule has 39 heavy (non-hydrogen) atoms. The minimum Gasteiger partial charge on any atom is -0.395 e. The van der Waals surface area contributed by atoms with Gasteiger partial charge < -0.3 is 25.6 Å². The van der Waals surface area contributed by atoms with E-state index < -0.39 is 17.3 Å². The molecule has 0 spiro atoms. The molecule has 200 valence electrons. The summed E-state index contributed by atoms with van der Waals surface area (Å²) in [5, 5.41) is 14.8. The fraction of sp³-hybridized carbons (Fsp3) is 0.222. The van der Waals surface area contributed by atoms with Crippen molar-refractivity contribution in [3.8, 4) is 11.4 Å². The van der Waals surface area contributed by atoms with Gasteiger partial charge in [-0.3, -0.25) is 14.5 Å². The van der Waals surface area contributed by atoms with Crippen molar-refractivity contribution >= 4 is 40.0 Å². The predicted molar refractivity (Wildman–Crippen MR) is 148 cm³/mol. The number of hydrogen-bond donors (Lipinski definition) is 4. The fourth-order valence-corrected chi connectivity index (χ4v) is 4.37. The number of halogens is 1. The molecule has 0 unspecified atom stereocenters. The van der Waals surface area contributed by atoms with E-state index in [1.54, 1.807) is 0 Å². The van der Waals surface area contributed by atoms with E-state index in [0.717, 1.165) is 43.6 Å². The van der Waals surface area contributed by atoms with Crippen molar-refractivity contribution in [1.82, 2.24) is 24.8 Å². The van der Waals surface area contributed by atoms with E-state index in [1.165, 1.54) is 24.4 Å². The lowest BCUT2D eigenvalue weighted by molar-refractivity contribution is -0.111. The highest BCUT2D eigenvalue weighted by Gasteiger charge is 2.18. The van der Waals surface area contributed by atoms with Gasteiger partial charge in [0.05, 0.1) is 17.9 Å². The first-order valence-electron chi connectivity index (χ1n) is 12.4. The van der Waals surface area contributed by atoms with E-state index in [2.05, 4.69) is 46.9 Å². The van der Waals surface area contributed by atoms with Crippen molar-refractivity contribution in [3.05, 3.63) is 77.5 Å². The maximum absolute atomic E-state index is 15.1. The summed E-state index contributed by atoms with van der Waals surface area (Å²) in [6, 6.07) is 12.2. The number of aromatic amines is 1. The molecular formula is C27H27FN8O3. The van der Waals surface area contributed by atoms with Crippen LogP contribution < -0.4 is 21.1 Å². The maximum Gasteiger partial charge on any atom is 0.262 e. The Morgan fingerprint density at radius 2 is 1.90 bits per heavy atom. The average Bonchev–Trinajstić information content (AvgIpc) is 2.95. The molecule has 0 bridgehead atoms. The number of carbonyl (C=O) groups is 1. The highest BCUT2D eigenvalue weighted by Crippen LogP contribution is 2.26. The molecule has 0 atom stereocenters. The number of aromatic nitrogens is 4. The Bertz CT molecular complexity index is 1570. The quantitative estimate of drug-likeness (QED) is 0.253. The normalized spacial score (nSPS) is 13.8. The molecular weight excluding hydrogens is 503 g/mol. The Morgan fingerprint density at radius 3 is 2.62 bits per heavy atom. The minimum absolute atomic E-state index is 0.00299. The number of β-amino-alcohol motifs (C(OH)–C–C–N with tert-alkyl or cyclic N) is 1. The molecule has 4 aromatic rings. The lowest BCUT2D eigenvalue weighted by Gasteiger charge is -2.35. The summed E-state index contributed by atoms with van der Waals surface area (Å²) in [6.45, 7) is 7.79. The van der Waals surface area contributed by atoms with Gasteiger partial charge in [0.1, 0.15) is 11.2 Å². The van der Waals surface area contributed by atoms with Crippen molar-refractivity contribution in [2.75, 3.05) is 54.9 Å². The van der Waals surface area contributed by atoms with Gasteiger partial charge in [-0.05, 0) is 42.5 Å². The Hall–Kier alpha value is -4.68. The smallest absolute Gasteiger partial charge is 0.262 e. The maximum atomic E-state index is 15.1. The van der Waals surface area contributed by atoms with Crippen LogP contribution in [0.3, 0.4) is 0 Å². The van der Waals surface area contributed by atoms with Crippen molar-refractivity contribution in [2.24, 2.45) is 0 Å². The second-order valence-electron chi connectivity index (χ2n) is 8.93. The standard InChI is InChI=1S/C27H27FN8O3/c1-2-22(38)31-21-5-3-4-19(23(21)28)24-32-25-20(26(39)33-24)16-29-27(34-25)30-17-6-8-18(9-7-17)36-12-10-35(11-13-36)14-15-37/h2-9,16,37H,1,10-15H2,(H,31,38)(H2,29,30,32,33,34,39). The number of aliphatic hydroxyl groups excluding tert-OH is 1. The number of nitrogens with one attached hydrogen (secondary N) is 3. The van der Waals surface area contributed by atoms with Gasteiger partial charge in [0.25, 0.3) is 5.56 Å². The molecule has 0 radical (unpaired) electrons. The van der Waals surface area contributed by atoms with Crippen LogP contribution in [0.4, 0.5) is 27.4 Å². The van der Waals surface area contributed by atoms with Crippen LogP contribution in [0.15, 0.2) is 66.1 Å². The van der Waals surface area contributed by atoms with Gasteiger partial charge in [0.15, 0.2) is 11.5 Å². The first kappa shape index (κ1) is 25.9. The molecule has 1 aliphatic rings. The third-order valence-corrected chi connectivity index (χ3v) is 6.44. The molecule has 1 aliphatic heterocycles. The third kappa shape index (κ3) is 5.76. The first-order chi connectivity index (χ1) is 18.9. The van der Waals surface area contributed by atoms with Crippen LogP contribution in [-0.4, -0.2) is 75.2 Å². The monoisotopic (exact) mass is 530 g/mol. The SMILES string of the molecule is C=CC(=O)Nc1cccc(-c2nc3nc(Nc4ccc(N5CCN(CCO)CC5)cc4)ncc3c(=O)[nH]2)c1F. The lowest BCUT2D eigenvalue weighted by Crippen LogP contribution is -2.47. The van der Waals surface area contributed by atoms with Crippen LogP contribution in [0.1, 0.15) is 0 Å². The largest absolute Gasteiger partial charge is 0.395 e. The molecule has 2 aromatic carbocycles. The average molecular weight is 531 g/mol. The molecule has 1 fully saturated rings. The summed E-state index contributed by atoms with van der Waals surface area (Å²) in [4.78, 5) is 44.4. The number of anilines is 4. The van der Waals surface area contributed by atoms with Crippen LogP contribution in [0.25, 0.3) is 22.4 Å². The topological polar surface area (TPSA) is 139 Å². The first-order valence-corrected chi connectivity index (χ1v) is 12.4. The zero-order chi connectivity index (χ0) is 27.4. The van der Waals surface area contributed by atoms with E-state index in [9.17, 15) is 9.59 Å². The minimum atomic E-state index is -0.752. The molecule has 0 aliphatic carbocycles. The molecule has 11 nitrogen and oxygen atoms in total. The van der Waals surface area contributed by atoms with Gasteiger partial charge in [0.2, 0.25) is 11.9 Å². The number of nitrogens with zero attached hydrogens (tertiary/aromatic N) is 5. The fourth-order valence-electron chi connectivity index (χ4n) is 4.37. The number of H-pyrrole nitrogens is 1. The number of aliphatic hydroxyl groups is 1. The second-order valence-corrected chi connectivity index (χ2v) is 8.93. The summed E-state index contributed by atoms with van der Waals surface area (Å²) in [6.07, 6.45) is 2.39. The molecule has 0 saturated carbocycles. The van der Waals surface area contributed by atoms with Gasteiger partial charge >= 0.3 is 0 Å². The van der Waals surface area contributed by atoms with Crippen LogP contribution in [0, 0.1) is 5.82 Å². The van der Waals surface area contributed by atoms with Crippen LogP contribution in [0.5, 0.6) is 0 Å². The Kier molecular flexibility index (Phi) is 7.57. The number of benzene rings is 2. The molecule has 1 saturated heterocycles. The number of hydrogen-bond acceptors (Lipinski definition) is 9. The van der Waals surface area contributed by atoms with Crippen molar-refractivity contribution in [2.45, 2.75) is 0 Å². The van der Waals surface area contributed by atoms with Crippen LogP contribution in [-0.2, 0) is 4.79 Å². The Labute approximate surface area is 223 Å². The molecule has 4 N–H and O–H groups in total. The Morgan fingerprint density at radius 1 is 1.13 bits per heavy atom. The molecule has 5 rings (SSSR count). The van der Waals surface area contributed by atoms with E-state index in [1.807, 2.05) is 24.3 Å². The van der Waals surface area contributed by atoms with Crippen LogP contribution >= 0.6 is 0 Å². The van der Waals surface area contributed by atoms with Gasteiger partial charge in [-0.25, -0.2) is 14.4 Å². The van der Waals surface area contributed by atoms with Gasteiger partial charge in [-0.1, -0.05) is 12.6 Å². The number of fused-ring (bicyclic) bond motifs is 1. The summed E-state index contributed by atoms with van der Waals surface area (Å²) in [5.41, 5.74) is 1.33. The van der Waals surface area contributed by atoms with E-state index in [-0.39, 0.29) is 40.7 Å². The van der Waals surface area contributed by atoms with Crippen molar-refractivity contribution in [1.29, 1.82) is 0 Å². The molecule has 12 heteroatoms. The van der Waals surface area contributed by atoms with Crippen molar-refractivity contribution in [3.63, 3.8) is 0 Å². The highest BCUT2D eigenvalue weighted by molar-refractivity contribution is 5.99. The predicted octanol–water partition coefficient (Wildman–Crippen LogP) is 2.50. The second kappa shape index (κ2) is 11.4. The lowest BCUT2D eigenvalue weighted by atomic mass is 10.1. The third-order valence-electron chi connectivity index (χ3n) is 6.44. The molecule has 1 amide bonds. The van der Waals surface area contributed by atoms with Crippen LogP contribution in [0.2, 0.25) is 0 Å². The molecule has 2 aromatic heterocycles. The van der Waals surface area contributed by atoms with E-state index in [4.69, 9.17) is 5.11 Å². The molecule has 3 heterocycles. The number of amides is 1. The van der Waals surface area contributed by atoms with E-state index >= 15 is 4.39 Å². The zero-order valence-electron chi connectivity index (χ0n) is 21.0. The number of rotatable bonds is 8. The number of carbonyl (C=O) groups excluding carboxylic acids is 1. The van der Waals surface area contributed by atoms with Gasteiger partial charge in [-0.2, -0.15) is 4.98 Å². The van der Waals surface area contributed by atoms with E-state index in [0.29, 0.717) is 6.54 Å². The van der Waals surface area contributed by atoms with Gasteiger partial charge in [0, 0.05) is 50.3 Å². The highest BCUT2D eigenvalue weighted by atomic mass is 19.1. The summed E-state index contributed by atoms with van der Waals surface area (Å²) in [5.74, 6) is -1.13. The van der Waals surface area contributed by atoms with Gasteiger partial charge in [-0.15, -0.1) is 0 Å². The number of piperazine rings is 1. The summed E-state index contributed by atoms with van der Waals surface area (Å²) in [7, 11) is 0. The van der Waals surface area contributed by atoms with Crippen molar-refractivity contribution < 1.29 is 14.3 Å².